The van der Waals surface area contributed by atoms with E-state index in [1.807, 2.05) is 6.07 Å². The van der Waals surface area contributed by atoms with Gasteiger partial charge in [-0.25, -0.2) is 26.3 Å². The molecule has 1 nitrogen and oxygen atoms in total. The Balaban J connectivity index is 1.27. The number of hydrogen-bond donors (Lipinski definition) is 0. The zero-order chi connectivity index (χ0) is 37.4. The van der Waals surface area contributed by atoms with E-state index in [0.29, 0.717) is 36.6 Å². The third-order valence-corrected chi connectivity index (χ3v) is 10.1. The highest BCUT2D eigenvalue weighted by Gasteiger charge is 2.41. The summed E-state index contributed by atoms with van der Waals surface area (Å²) >= 11 is 0. The van der Waals surface area contributed by atoms with Crippen molar-refractivity contribution in [1.82, 2.24) is 0 Å². The molecule has 1 saturated carbocycles. The largest absolute Gasteiger partial charge is 0.432 e. The molecule has 0 amide bonds. The van der Waals surface area contributed by atoms with Gasteiger partial charge in [-0.1, -0.05) is 81.9 Å². The van der Waals surface area contributed by atoms with Crippen molar-refractivity contribution in [1.29, 1.82) is 0 Å². The summed E-state index contributed by atoms with van der Waals surface area (Å²) in [7, 11) is 0. The lowest BCUT2D eigenvalue weighted by Crippen LogP contribution is -2.25. The van der Waals surface area contributed by atoms with Gasteiger partial charge in [0, 0.05) is 28.8 Å². The van der Waals surface area contributed by atoms with E-state index in [1.165, 1.54) is 56.7 Å². The van der Waals surface area contributed by atoms with E-state index >= 15 is 26.3 Å². The number of alkyl halides is 2. The van der Waals surface area contributed by atoms with Crippen LogP contribution in [0.15, 0.2) is 72.8 Å². The topological polar surface area (TPSA) is 9.23 Å². The molecule has 9 heteroatoms. The third kappa shape index (κ3) is 9.44. The van der Waals surface area contributed by atoms with Crippen molar-refractivity contribution >= 4 is 0 Å². The summed E-state index contributed by atoms with van der Waals surface area (Å²) < 4.78 is 124. The van der Waals surface area contributed by atoms with Crippen LogP contribution in [0.5, 0.6) is 5.75 Å². The second-order valence-corrected chi connectivity index (χ2v) is 13.8. The van der Waals surface area contributed by atoms with Crippen molar-refractivity contribution in [3.8, 4) is 28.0 Å². The van der Waals surface area contributed by atoms with Gasteiger partial charge in [-0.2, -0.15) is 8.78 Å². The first-order valence-corrected chi connectivity index (χ1v) is 18.2. The number of ether oxygens (including phenoxy) is 1. The molecule has 0 aromatic heterocycles. The fourth-order valence-corrected chi connectivity index (χ4v) is 7.23. The first-order chi connectivity index (χ1) is 24.9. The molecule has 278 valence electrons. The van der Waals surface area contributed by atoms with Crippen molar-refractivity contribution in [3.63, 3.8) is 0 Å². The zero-order valence-electron chi connectivity index (χ0n) is 29.5. The van der Waals surface area contributed by atoms with Crippen LogP contribution in [0.1, 0.15) is 107 Å². The first-order valence-electron chi connectivity index (χ1n) is 18.2. The Bertz CT molecular complexity index is 1810. The van der Waals surface area contributed by atoms with Gasteiger partial charge in [-0.3, -0.25) is 0 Å². The number of benzene rings is 4. The highest BCUT2D eigenvalue weighted by Crippen LogP contribution is 2.41. The Morgan fingerprint density at radius 3 is 1.88 bits per heavy atom. The lowest BCUT2D eigenvalue weighted by atomic mass is 9.77. The maximum absolute atomic E-state index is 15.4. The van der Waals surface area contributed by atoms with Gasteiger partial charge in [0.25, 0.3) is 0 Å². The van der Waals surface area contributed by atoms with Crippen LogP contribution in [-0.2, 0) is 12.5 Å². The van der Waals surface area contributed by atoms with E-state index < -0.39 is 57.9 Å². The number of unbranched alkanes of at least 4 members (excludes halogenated alkanes) is 4. The normalized spacial score (nSPS) is 16.5. The van der Waals surface area contributed by atoms with Gasteiger partial charge in [0.15, 0.2) is 0 Å². The molecule has 5 rings (SSSR count). The molecule has 0 saturated heterocycles. The Morgan fingerprint density at radius 2 is 1.27 bits per heavy atom. The molecule has 1 aliphatic carbocycles. The number of rotatable bonds is 15. The lowest BCUT2D eigenvalue weighted by molar-refractivity contribution is -0.189. The van der Waals surface area contributed by atoms with Crippen molar-refractivity contribution in [2.45, 2.75) is 103 Å². The SMILES string of the molecule is C/C=C/CCc1c(F)cc(OC(F)(F)c2c(F)cc(-c3ccc(-c4ccc(C5CCC(CCCCCCC)CC5)cc4F)cc3F)cc2F)cc1F. The van der Waals surface area contributed by atoms with Gasteiger partial charge in [0.05, 0.1) is 0 Å². The van der Waals surface area contributed by atoms with Crippen molar-refractivity contribution in [3.05, 3.63) is 124 Å². The van der Waals surface area contributed by atoms with Crippen molar-refractivity contribution < 1.29 is 39.9 Å². The first kappa shape index (κ1) is 39.1. The average molecular weight is 729 g/mol. The Labute approximate surface area is 300 Å². The zero-order valence-corrected chi connectivity index (χ0v) is 29.5. The second-order valence-electron chi connectivity index (χ2n) is 13.8. The molecule has 0 N–H and O–H groups in total. The number of allylic oxidation sites excluding steroid dienone is 2. The van der Waals surface area contributed by atoms with Crippen LogP contribution in [0.3, 0.4) is 0 Å². The number of hydrogen-bond acceptors (Lipinski definition) is 1. The van der Waals surface area contributed by atoms with Gasteiger partial charge in [-0.05, 0) is 98.2 Å². The monoisotopic (exact) mass is 728 g/mol. The van der Waals surface area contributed by atoms with Crippen molar-refractivity contribution in [2.24, 2.45) is 5.92 Å². The van der Waals surface area contributed by atoms with E-state index in [4.69, 9.17) is 0 Å². The molecule has 4 aromatic carbocycles. The smallest absolute Gasteiger partial charge is 0.429 e. The Kier molecular flexibility index (Phi) is 13.2. The molecule has 1 aliphatic rings. The third-order valence-electron chi connectivity index (χ3n) is 10.1. The summed E-state index contributed by atoms with van der Waals surface area (Å²) in [5.74, 6) is -7.32. The van der Waals surface area contributed by atoms with E-state index in [2.05, 4.69) is 11.7 Å². The predicted molar refractivity (Wildman–Crippen MR) is 189 cm³/mol. The Hall–Kier alpha value is -4.14. The standard InChI is InChI=1S/C43H44F8O/c1-3-5-7-8-10-11-27-13-15-28(16-14-27)29-17-19-33(36(44)21-29)30-18-20-34(37(45)22-30)31-23-40(48)42(41(49)24-31)43(50,51)52-32-25-38(46)35(39(47)26-32)12-9-6-4-2/h4,6,17-28H,3,5,7-16H2,1-2H3/b6-4+. The molecule has 4 aromatic rings. The molecule has 1 fully saturated rings. The summed E-state index contributed by atoms with van der Waals surface area (Å²) in [4.78, 5) is 0. The highest BCUT2D eigenvalue weighted by atomic mass is 19.3. The van der Waals surface area contributed by atoms with E-state index in [1.54, 1.807) is 25.1 Å². The molecule has 0 atom stereocenters. The minimum atomic E-state index is -4.68. The van der Waals surface area contributed by atoms with E-state index in [9.17, 15) is 8.78 Å². The fraction of sp³-hybridized carbons (Fsp3) is 0.395. The molecular weight excluding hydrogens is 684 g/mol. The summed E-state index contributed by atoms with van der Waals surface area (Å²) in [6.45, 7) is 3.94. The molecule has 0 aliphatic heterocycles. The van der Waals surface area contributed by atoms with Crippen LogP contribution in [0.4, 0.5) is 35.1 Å². The van der Waals surface area contributed by atoms with Crippen LogP contribution in [0, 0.1) is 40.8 Å². The van der Waals surface area contributed by atoms with E-state index in [-0.39, 0.29) is 34.6 Å². The molecule has 0 spiro atoms. The summed E-state index contributed by atoms with van der Waals surface area (Å²) in [5, 5.41) is 0. The van der Waals surface area contributed by atoms with Gasteiger partial charge in [0.1, 0.15) is 46.2 Å². The summed E-state index contributed by atoms with van der Waals surface area (Å²) in [6, 6.07) is 10.6. The minimum absolute atomic E-state index is 0.0394. The van der Waals surface area contributed by atoms with Gasteiger partial charge in [0.2, 0.25) is 0 Å². The quantitative estimate of drug-likeness (QED) is 0.0673. The second kappa shape index (κ2) is 17.6. The molecular formula is C43H44F8O. The van der Waals surface area contributed by atoms with Crippen LogP contribution >= 0.6 is 0 Å². The molecule has 0 unspecified atom stereocenters. The number of halogens is 8. The summed E-state index contributed by atoms with van der Waals surface area (Å²) in [6.07, 6.45) is 10.7. The fourth-order valence-electron chi connectivity index (χ4n) is 7.23. The lowest BCUT2D eigenvalue weighted by Gasteiger charge is -2.29. The molecule has 52 heavy (non-hydrogen) atoms. The van der Waals surface area contributed by atoms with Gasteiger partial charge < -0.3 is 4.74 Å². The maximum Gasteiger partial charge on any atom is 0.432 e. The van der Waals surface area contributed by atoms with Crippen LogP contribution in [0.25, 0.3) is 22.3 Å². The van der Waals surface area contributed by atoms with E-state index in [0.717, 1.165) is 37.3 Å². The molecule has 0 heterocycles. The van der Waals surface area contributed by atoms with Crippen LogP contribution in [0.2, 0.25) is 0 Å². The van der Waals surface area contributed by atoms with Gasteiger partial charge >= 0.3 is 6.11 Å². The van der Waals surface area contributed by atoms with Crippen LogP contribution < -0.4 is 4.74 Å². The van der Waals surface area contributed by atoms with Crippen molar-refractivity contribution in [2.75, 3.05) is 0 Å². The predicted octanol–water partition coefficient (Wildman–Crippen LogP) is 14.1. The minimum Gasteiger partial charge on any atom is -0.429 e. The maximum atomic E-state index is 15.4. The highest BCUT2D eigenvalue weighted by molar-refractivity contribution is 5.72. The van der Waals surface area contributed by atoms with Crippen LogP contribution in [-0.4, -0.2) is 0 Å². The molecule has 0 bridgehead atoms. The van der Waals surface area contributed by atoms with Gasteiger partial charge in [-0.15, -0.1) is 0 Å². The Morgan fingerprint density at radius 1 is 0.673 bits per heavy atom. The molecule has 0 radical (unpaired) electrons. The summed E-state index contributed by atoms with van der Waals surface area (Å²) in [5.41, 5.74) is -1.62. The average Bonchev–Trinajstić information content (AvgIpc) is 3.09.